The smallest absolute Gasteiger partial charge is 0.238 e. The van der Waals surface area contributed by atoms with Crippen molar-refractivity contribution in [2.75, 3.05) is 13.2 Å². The van der Waals surface area contributed by atoms with Crippen molar-refractivity contribution in [1.29, 1.82) is 0 Å². The van der Waals surface area contributed by atoms with E-state index in [2.05, 4.69) is 11.5 Å². The molecule has 1 unspecified atom stereocenters. The second-order valence-electron chi connectivity index (χ2n) is 6.13. The summed E-state index contributed by atoms with van der Waals surface area (Å²) in [6.45, 7) is 8.80. The van der Waals surface area contributed by atoms with Crippen molar-refractivity contribution < 1.29 is 9.53 Å². The largest absolute Gasteiger partial charge is 0.497 e. The summed E-state index contributed by atoms with van der Waals surface area (Å²) in [5, 5.41) is 1.63. The highest BCUT2D eigenvalue weighted by atomic mass is 32.1. The molecule has 0 saturated heterocycles. The van der Waals surface area contributed by atoms with Crippen molar-refractivity contribution in [2.24, 2.45) is 5.73 Å². The van der Waals surface area contributed by atoms with Crippen LogP contribution in [0.15, 0.2) is 66.0 Å². The normalized spacial score (nSPS) is 16.7. The van der Waals surface area contributed by atoms with Crippen LogP contribution in [0.2, 0.25) is 0 Å². The number of carbonyl (C=O) groups is 1. The quantitative estimate of drug-likeness (QED) is 0.558. The Morgan fingerprint density at radius 2 is 1.93 bits per heavy atom. The van der Waals surface area contributed by atoms with Gasteiger partial charge in [0.05, 0.1) is 12.6 Å². The molecule has 0 radical (unpaired) electrons. The first-order chi connectivity index (χ1) is 14.1. The highest BCUT2D eigenvalue weighted by Gasteiger charge is 2.30. The van der Waals surface area contributed by atoms with E-state index in [9.17, 15) is 4.79 Å². The Hall–Kier alpha value is -2.44. The Kier molecular flexibility index (Phi) is 11.6. The van der Waals surface area contributed by atoms with E-state index in [-0.39, 0.29) is 11.9 Å². The van der Waals surface area contributed by atoms with Gasteiger partial charge in [-0.3, -0.25) is 10.2 Å². The number of amides is 1. The van der Waals surface area contributed by atoms with E-state index in [0.29, 0.717) is 11.6 Å². The molecule has 1 aliphatic heterocycles. The Morgan fingerprint density at radius 1 is 1.28 bits per heavy atom. The van der Waals surface area contributed by atoms with Gasteiger partial charge in [-0.25, -0.2) is 5.01 Å². The molecule has 6 heteroatoms. The summed E-state index contributed by atoms with van der Waals surface area (Å²) < 4.78 is 5.79. The Balaban J connectivity index is 0.000000771. The molecule has 1 atom stereocenters. The molecule has 5 nitrogen and oxygen atoms in total. The first-order valence-corrected chi connectivity index (χ1v) is 10.5. The number of nitrogens with one attached hydrogen (secondary N) is 1. The third-order valence-electron chi connectivity index (χ3n) is 4.08. The van der Waals surface area contributed by atoms with Crippen molar-refractivity contribution in [3.63, 3.8) is 0 Å². The summed E-state index contributed by atoms with van der Waals surface area (Å²) >= 11 is 5.48. The molecule has 29 heavy (non-hydrogen) atoms. The van der Waals surface area contributed by atoms with Gasteiger partial charge in [-0.2, -0.15) is 0 Å². The Morgan fingerprint density at radius 3 is 2.55 bits per heavy atom. The lowest BCUT2D eigenvalue weighted by molar-refractivity contribution is -0.133. The molecule has 1 aliphatic carbocycles. The van der Waals surface area contributed by atoms with Crippen LogP contribution in [0.1, 0.15) is 46.1 Å². The maximum atomic E-state index is 12.3. The predicted molar refractivity (Wildman–Crippen MR) is 124 cm³/mol. The number of ether oxygens (including phenoxy) is 1. The van der Waals surface area contributed by atoms with Crippen molar-refractivity contribution in [2.45, 2.75) is 46.6 Å². The van der Waals surface area contributed by atoms with Crippen LogP contribution >= 0.6 is 12.2 Å². The van der Waals surface area contributed by atoms with E-state index in [0.717, 1.165) is 36.3 Å². The molecule has 2 aliphatic rings. The van der Waals surface area contributed by atoms with Crippen LogP contribution in [0.5, 0.6) is 0 Å². The van der Waals surface area contributed by atoms with Gasteiger partial charge in [-0.1, -0.05) is 87.6 Å². The highest BCUT2D eigenvalue weighted by molar-refractivity contribution is 7.80. The molecular formula is C23H33N3O2S. The van der Waals surface area contributed by atoms with E-state index in [1.807, 2.05) is 69.3 Å². The fraction of sp³-hybridized carbons (Fsp3) is 0.391. The number of hydrogen-bond acceptors (Lipinski definition) is 4. The summed E-state index contributed by atoms with van der Waals surface area (Å²) in [6, 6.07) is 9.56. The third-order valence-corrected chi connectivity index (χ3v) is 4.41. The summed E-state index contributed by atoms with van der Waals surface area (Å²) in [4.78, 5) is 12.8. The molecule has 1 aromatic carbocycles. The maximum Gasteiger partial charge on any atom is 0.238 e. The van der Waals surface area contributed by atoms with Crippen LogP contribution in [0, 0.1) is 0 Å². The third kappa shape index (κ3) is 7.48. The minimum absolute atomic E-state index is 0.0716. The molecule has 1 aromatic rings. The van der Waals surface area contributed by atoms with E-state index in [4.69, 9.17) is 22.7 Å². The van der Waals surface area contributed by atoms with Gasteiger partial charge < -0.3 is 10.5 Å². The SMILES string of the molecule is CC.CC(=O)N(NC(=S)c1ccccc1)C1CCOC2=C1C=CC=CC2.CCN. The molecule has 0 aromatic heterocycles. The van der Waals surface area contributed by atoms with Crippen LogP contribution in [0.25, 0.3) is 0 Å². The first-order valence-electron chi connectivity index (χ1n) is 10.1. The number of rotatable bonds is 2. The van der Waals surface area contributed by atoms with Crippen molar-refractivity contribution in [3.8, 4) is 0 Å². The molecule has 3 rings (SSSR count). The average Bonchev–Trinajstić information content (AvgIpc) is 3.00. The summed E-state index contributed by atoms with van der Waals surface area (Å²) in [6.07, 6.45) is 9.53. The lowest BCUT2D eigenvalue weighted by Gasteiger charge is -2.36. The predicted octanol–water partition coefficient (Wildman–Crippen LogP) is 4.27. The Bertz CT molecular complexity index is 742. The van der Waals surface area contributed by atoms with Gasteiger partial charge in [0.1, 0.15) is 10.7 Å². The first kappa shape index (κ1) is 24.6. The van der Waals surface area contributed by atoms with Crippen LogP contribution in [-0.4, -0.2) is 35.1 Å². The van der Waals surface area contributed by atoms with Gasteiger partial charge in [0, 0.05) is 30.9 Å². The zero-order valence-corrected chi connectivity index (χ0v) is 18.7. The number of thiocarbonyl (C=S) groups is 1. The van der Waals surface area contributed by atoms with Gasteiger partial charge in [0.25, 0.3) is 0 Å². The molecule has 0 bridgehead atoms. The van der Waals surface area contributed by atoms with Gasteiger partial charge in [0.2, 0.25) is 5.91 Å². The summed E-state index contributed by atoms with van der Waals surface area (Å²) in [5.41, 5.74) is 9.89. The number of benzene rings is 1. The summed E-state index contributed by atoms with van der Waals surface area (Å²) in [5.74, 6) is 0.854. The lowest BCUT2D eigenvalue weighted by Crippen LogP contribution is -2.52. The van der Waals surface area contributed by atoms with Crippen LogP contribution in [0.3, 0.4) is 0 Å². The lowest BCUT2D eigenvalue weighted by atomic mass is 9.98. The molecular weight excluding hydrogens is 382 g/mol. The second kappa shape index (κ2) is 13.7. The van der Waals surface area contributed by atoms with Crippen LogP contribution in [0.4, 0.5) is 0 Å². The molecule has 1 amide bonds. The minimum Gasteiger partial charge on any atom is -0.497 e. The fourth-order valence-electron chi connectivity index (χ4n) is 2.92. The monoisotopic (exact) mass is 415 g/mol. The number of hydrazine groups is 1. The minimum atomic E-state index is -0.0935. The zero-order chi connectivity index (χ0) is 21.6. The van der Waals surface area contributed by atoms with Crippen LogP contribution < -0.4 is 11.2 Å². The number of carbonyl (C=O) groups excluding carboxylic acids is 1. The van der Waals surface area contributed by atoms with Crippen molar-refractivity contribution >= 4 is 23.1 Å². The topological polar surface area (TPSA) is 67.6 Å². The van der Waals surface area contributed by atoms with Gasteiger partial charge in [0.15, 0.2) is 0 Å². The molecule has 3 N–H and O–H groups in total. The maximum absolute atomic E-state index is 12.3. The molecule has 0 saturated carbocycles. The van der Waals surface area contributed by atoms with E-state index >= 15 is 0 Å². The number of allylic oxidation sites excluding steroid dienone is 3. The number of nitrogens with zero attached hydrogens (tertiary/aromatic N) is 1. The average molecular weight is 416 g/mol. The highest BCUT2D eigenvalue weighted by Crippen LogP contribution is 2.28. The van der Waals surface area contributed by atoms with Crippen molar-refractivity contribution in [3.05, 3.63) is 71.5 Å². The molecule has 0 spiro atoms. The van der Waals surface area contributed by atoms with E-state index in [1.54, 1.807) is 11.9 Å². The second-order valence-corrected chi connectivity index (χ2v) is 6.54. The number of hydrogen-bond donors (Lipinski definition) is 2. The summed E-state index contributed by atoms with van der Waals surface area (Å²) in [7, 11) is 0. The zero-order valence-electron chi connectivity index (χ0n) is 17.9. The van der Waals surface area contributed by atoms with Gasteiger partial charge in [-0.15, -0.1) is 0 Å². The Labute approximate surface area is 180 Å². The standard InChI is InChI=1S/C19H20N2O2S.C2H7N.C2H6/c1-14(22)21(20-19(24)15-8-4-2-5-9-15)17-12-13-23-18-11-7-3-6-10-16(17)18;1-2-3;1-2/h2-10,17H,11-13H2,1H3,(H,20,24);2-3H2,1H3;1-2H3. The van der Waals surface area contributed by atoms with Gasteiger partial charge in [-0.05, 0) is 6.54 Å². The van der Waals surface area contributed by atoms with E-state index in [1.165, 1.54) is 0 Å². The molecule has 158 valence electrons. The van der Waals surface area contributed by atoms with Gasteiger partial charge >= 0.3 is 0 Å². The van der Waals surface area contributed by atoms with E-state index < -0.39 is 0 Å². The number of nitrogens with two attached hydrogens (primary N) is 1. The molecule has 1 heterocycles. The molecule has 0 fully saturated rings. The van der Waals surface area contributed by atoms with Crippen molar-refractivity contribution in [1.82, 2.24) is 10.4 Å². The fourth-order valence-corrected chi connectivity index (χ4v) is 3.15. The van der Waals surface area contributed by atoms with Crippen LogP contribution in [-0.2, 0) is 9.53 Å².